The summed E-state index contributed by atoms with van der Waals surface area (Å²) in [5.74, 6) is -0.512. The van der Waals surface area contributed by atoms with Gasteiger partial charge in [0.1, 0.15) is 0 Å². The molecular weight excluding hydrogens is 336 g/mol. The van der Waals surface area contributed by atoms with Gasteiger partial charge in [-0.2, -0.15) is 0 Å². The van der Waals surface area contributed by atoms with Crippen LogP contribution < -0.4 is 4.72 Å². The number of imide groups is 1. The van der Waals surface area contributed by atoms with Crippen molar-refractivity contribution in [2.24, 2.45) is 0 Å². The minimum Gasteiger partial charge on any atom is -0.439 e. The molecule has 2 heterocycles. The number of benzene rings is 1. The van der Waals surface area contributed by atoms with Crippen LogP contribution in [0.4, 0.5) is 4.79 Å². The average molecular weight is 350 g/mol. The standard InChI is InChI=1S/C14H14N4O5S/c19-13-8-23-14(20)18(13)7-11(10-4-2-1-3-5-10)17-24(21,22)12-6-15-9-16-12/h1-6,9,11,17H,7-8H2,(H,15,16). The van der Waals surface area contributed by atoms with Crippen LogP contribution in [0, 0.1) is 0 Å². The molecule has 24 heavy (non-hydrogen) atoms. The molecule has 0 aliphatic carbocycles. The van der Waals surface area contributed by atoms with Crippen LogP contribution >= 0.6 is 0 Å². The van der Waals surface area contributed by atoms with Crippen molar-refractivity contribution < 1.29 is 22.7 Å². The number of nitrogens with one attached hydrogen (secondary N) is 2. The molecule has 2 N–H and O–H groups in total. The smallest absolute Gasteiger partial charge is 0.417 e. The predicted octanol–water partition coefficient (Wildman–Crippen LogP) is 0.408. The van der Waals surface area contributed by atoms with Crippen molar-refractivity contribution >= 4 is 22.0 Å². The lowest BCUT2D eigenvalue weighted by molar-refractivity contribution is -0.126. The normalized spacial score (nSPS) is 16.2. The summed E-state index contributed by atoms with van der Waals surface area (Å²) in [5, 5.41) is -0.112. The number of cyclic esters (lactones) is 1. The van der Waals surface area contributed by atoms with E-state index in [1.807, 2.05) is 0 Å². The second-order valence-electron chi connectivity index (χ2n) is 5.06. The van der Waals surface area contributed by atoms with Gasteiger partial charge in [-0.25, -0.2) is 27.8 Å². The summed E-state index contributed by atoms with van der Waals surface area (Å²) >= 11 is 0. The van der Waals surface area contributed by atoms with Gasteiger partial charge in [-0.1, -0.05) is 30.3 Å². The van der Waals surface area contributed by atoms with Gasteiger partial charge >= 0.3 is 6.09 Å². The third-order valence-electron chi connectivity index (χ3n) is 3.47. The molecule has 1 aliphatic heterocycles. The van der Waals surface area contributed by atoms with E-state index in [1.54, 1.807) is 30.3 Å². The fourth-order valence-corrected chi connectivity index (χ4v) is 3.40. The Balaban J connectivity index is 1.88. The molecule has 0 spiro atoms. The topological polar surface area (TPSA) is 121 Å². The summed E-state index contributed by atoms with van der Waals surface area (Å²) in [5.41, 5.74) is 0.605. The molecule has 9 nitrogen and oxygen atoms in total. The summed E-state index contributed by atoms with van der Waals surface area (Å²) < 4.78 is 32.0. The Morgan fingerprint density at radius 2 is 2.04 bits per heavy atom. The number of imidazole rings is 1. The van der Waals surface area contributed by atoms with Crippen molar-refractivity contribution in [1.82, 2.24) is 19.6 Å². The van der Waals surface area contributed by atoms with E-state index in [0.717, 1.165) is 4.90 Å². The van der Waals surface area contributed by atoms with E-state index in [-0.39, 0.29) is 18.2 Å². The minimum atomic E-state index is -3.90. The van der Waals surface area contributed by atoms with Crippen LogP contribution in [-0.2, 0) is 19.6 Å². The highest BCUT2D eigenvalue weighted by molar-refractivity contribution is 7.89. The Kier molecular flexibility index (Phi) is 4.32. The van der Waals surface area contributed by atoms with E-state index in [9.17, 15) is 18.0 Å². The quantitative estimate of drug-likeness (QED) is 0.778. The first-order valence-corrected chi connectivity index (χ1v) is 8.48. The van der Waals surface area contributed by atoms with Gasteiger partial charge in [0.2, 0.25) is 0 Å². The number of amides is 2. The lowest BCUT2D eigenvalue weighted by Gasteiger charge is -2.22. The number of aromatic amines is 1. The van der Waals surface area contributed by atoms with Gasteiger partial charge in [0.15, 0.2) is 11.6 Å². The highest BCUT2D eigenvalue weighted by Crippen LogP contribution is 2.19. The first kappa shape index (κ1) is 16.1. The highest BCUT2D eigenvalue weighted by Gasteiger charge is 2.34. The molecule has 1 atom stereocenters. The number of hydrogen-bond donors (Lipinski definition) is 2. The van der Waals surface area contributed by atoms with Gasteiger partial charge in [0.25, 0.3) is 15.9 Å². The average Bonchev–Trinajstić information content (AvgIpc) is 3.21. The van der Waals surface area contributed by atoms with E-state index in [2.05, 4.69) is 19.4 Å². The monoisotopic (exact) mass is 350 g/mol. The molecule has 126 valence electrons. The minimum absolute atomic E-state index is 0.112. The molecule has 1 aromatic heterocycles. The van der Waals surface area contributed by atoms with Crippen molar-refractivity contribution in [2.75, 3.05) is 13.2 Å². The zero-order valence-corrected chi connectivity index (χ0v) is 13.2. The predicted molar refractivity (Wildman–Crippen MR) is 81.2 cm³/mol. The van der Waals surface area contributed by atoms with Gasteiger partial charge in [-0.05, 0) is 5.56 Å². The van der Waals surface area contributed by atoms with Crippen molar-refractivity contribution in [3.05, 3.63) is 48.4 Å². The van der Waals surface area contributed by atoms with Crippen molar-refractivity contribution in [3.63, 3.8) is 0 Å². The van der Waals surface area contributed by atoms with Crippen LogP contribution in [0.5, 0.6) is 0 Å². The van der Waals surface area contributed by atoms with E-state index in [4.69, 9.17) is 0 Å². The second kappa shape index (κ2) is 6.42. The van der Waals surface area contributed by atoms with E-state index in [1.165, 1.54) is 12.5 Å². The number of H-pyrrole nitrogens is 1. The first-order valence-electron chi connectivity index (χ1n) is 7.00. The van der Waals surface area contributed by atoms with E-state index < -0.39 is 28.1 Å². The number of nitrogens with zero attached hydrogens (tertiary/aromatic N) is 2. The van der Waals surface area contributed by atoms with Crippen molar-refractivity contribution in [2.45, 2.75) is 11.1 Å². The number of hydrogen-bond acceptors (Lipinski definition) is 6. The van der Waals surface area contributed by atoms with Crippen molar-refractivity contribution in [1.29, 1.82) is 0 Å². The number of sulfonamides is 1. The Hall–Kier alpha value is -2.72. The Labute approximate surface area is 137 Å². The van der Waals surface area contributed by atoms with Gasteiger partial charge in [-0.3, -0.25) is 4.79 Å². The van der Waals surface area contributed by atoms with Crippen LogP contribution in [0.1, 0.15) is 11.6 Å². The van der Waals surface area contributed by atoms with E-state index in [0.29, 0.717) is 5.56 Å². The number of aromatic nitrogens is 2. The molecule has 1 aromatic carbocycles. The largest absolute Gasteiger partial charge is 0.439 e. The van der Waals surface area contributed by atoms with Crippen LogP contribution in [-0.4, -0.2) is 48.4 Å². The number of carbonyl (C=O) groups is 2. The summed E-state index contributed by atoms with van der Waals surface area (Å²) in [6.07, 6.45) is 1.62. The lowest BCUT2D eigenvalue weighted by Crippen LogP contribution is -2.40. The number of ether oxygens (including phenoxy) is 1. The Morgan fingerprint density at radius 3 is 2.62 bits per heavy atom. The Morgan fingerprint density at radius 1 is 1.29 bits per heavy atom. The zero-order valence-electron chi connectivity index (χ0n) is 12.4. The molecule has 0 bridgehead atoms. The van der Waals surface area contributed by atoms with Crippen LogP contribution in [0.2, 0.25) is 0 Å². The molecule has 1 saturated heterocycles. The summed E-state index contributed by atoms with van der Waals surface area (Å²) in [6, 6.07) is 7.82. The van der Waals surface area contributed by atoms with Crippen LogP contribution in [0.25, 0.3) is 0 Å². The molecule has 10 heteroatoms. The molecule has 1 fully saturated rings. The van der Waals surface area contributed by atoms with E-state index >= 15 is 0 Å². The van der Waals surface area contributed by atoms with Crippen molar-refractivity contribution in [3.8, 4) is 0 Å². The molecule has 0 radical (unpaired) electrons. The van der Waals surface area contributed by atoms with Gasteiger partial charge < -0.3 is 9.72 Å². The second-order valence-corrected chi connectivity index (χ2v) is 6.74. The van der Waals surface area contributed by atoms with Gasteiger partial charge in [0.05, 0.1) is 25.1 Å². The Bertz CT molecular complexity index is 819. The van der Waals surface area contributed by atoms with Gasteiger partial charge in [0, 0.05) is 0 Å². The summed E-state index contributed by atoms with van der Waals surface area (Å²) in [6.45, 7) is -0.511. The first-order chi connectivity index (χ1) is 11.5. The molecule has 2 aromatic rings. The fourth-order valence-electron chi connectivity index (χ4n) is 2.28. The highest BCUT2D eigenvalue weighted by atomic mass is 32.2. The molecule has 2 amide bonds. The maximum Gasteiger partial charge on any atom is 0.417 e. The molecular formula is C14H14N4O5S. The van der Waals surface area contributed by atoms with Crippen LogP contribution in [0.3, 0.4) is 0 Å². The molecule has 1 aliphatic rings. The van der Waals surface area contributed by atoms with Crippen LogP contribution in [0.15, 0.2) is 47.9 Å². The number of carbonyl (C=O) groups excluding carboxylic acids is 2. The zero-order chi connectivity index (χ0) is 17.2. The third kappa shape index (κ3) is 3.29. The molecule has 1 unspecified atom stereocenters. The summed E-state index contributed by atoms with van der Waals surface area (Å²) in [4.78, 5) is 30.4. The molecule has 0 saturated carbocycles. The third-order valence-corrected chi connectivity index (χ3v) is 4.86. The fraction of sp³-hybridized carbons (Fsp3) is 0.214. The van der Waals surface area contributed by atoms with Gasteiger partial charge in [-0.15, -0.1) is 0 Å². The summed E-state index contributed by atoms with van der Waals surface area (Å²) in [7, 11) is -3.90. The maximum absolute atomic E-state index is 12.4. The molecule has 3 rings (SSSR count). The SMILES string of the molecule is O=C1COC(=O)N1CC(NS(=O)(=O)c1cnc[nH]1)c1ccccc1. The maximum atomic E-state index is 12.4. The lowest BCUT2D eigenvalue weighted by atomic mass is 10.1. The number of rotatable bonds is 6.